The molecule has 8 heteroatoms. The minimum atomic E-state index is -3.85. The molecule has 0 aliphatic carbocycles. The van der Waals surface area contributed by atoms with Crippen molar-refractivity contribution in [2.24, 2.45) is 5.73 Å². The van der Waals surface area contributed by atoms with E-state index in [0.29, 0.717) is 5.69 Å². The van der Waals surface area contributed by atoms with Gasteiger partial charge in [0, 0.05) is 12.6 Å². The largest absolute Gasteiger partial charge is 0.351 e. The molecule has 0 aliphatic rings. The van der Waals surface area contributed by atoms with Gasteiger partial charge in [-0.3, -0.25) is 4.79 Å². The Hall–Kier alpha value is -2.09. The summed E-state index contributed by atoms with van der Waals surface area (Å²) in [4.78, 5) is 21.1. The zero-order chi connectivity index (χ0) is 13.1. The van der Waals surface area contributed by atoms with Crippen molar-refractivity contribution in [3.8, 4) is 0 Å². The second-order valence-electron chi connectivity index (χ2n) is 3.18. The molecule has 0 heterocycles. The minimum Gasteiger partial charge on any atom is -0.351 e. The van der Waals surface area contributed by atoms with Crippen molar-refractivity contribution in [1.29, 1.82) is 0 Å². The van der Waals surface area contributed by atoms with Gasteiger partial charge in [0.05, 0.1) is 4.90 Å². The van der Waals surface area contributed by atoms with Crippen LogP contribution in [0.3, 0.4) is 0 Å². The van der Waals surface area contributed by atoms with E-state index >= 15 is 0 Å². The molecule has 3 amide bonds. The molecule has 0 spiro atoms. The van der Waals surface area contributed by atoms with Gasteiger partial charge in [-0.15, -0.1) is 0 Å². The molecule has 0 aromatic heterocycles. The first-order valence-corrected chi connectivity index (χ1v) is 5.99. The van der Waals surface area contributed by atoms with E-state index in [-0.39, 0.29) is 4.90 Å². The third kappa shape index (κ3) is 3.76. The van der Waals surface area contributed by atoms with E-state index in [1.165, 1.54) is 24.3 Å². The van der Waals surface area contributed by atoms with E-state index in [1.54, 1.807) is 0 Å². The zero-order valence-electron chi connectivity index (χ0n) is 8.93. The summed E-state index contributed by atoms with van der Waals surface area (Å²) >= 11 is 0. The van der Waals surface area contributed by atoms with E-state index < -0.39 is 22.0 Å². The van der Waals surface area contributed by atoms with Crippen molar-refractivity contribution in [3.63, 3.8) is 0 Å². The Labute approximate surface area is 98.0 Å². The molecule has 7 nitrogen and oxygen atoms in total. The monoisotopic (exact) mass is 257 g/mol. The van der Waals surface area contributed by atoms with Gasteiger partial charge in [0.25, 0.3) is 10.0 Å². The maximum absolute atomic E-state index is 11.5. The predicted molar refractivity (Wildman–Crippen MR) is 60.7 cm³/mol. The summed E-state index contributed by atoms with van der Waals surface area (Å²) in [6.07, 6.45) is 0. The number of amides is 3. The second kappa shape index (κ2) is 4.83. The number of sulfonamides is 1. The SMILES string of the molecule is CC(=O)NS(=O)(=O)c1ccc(NC(N)=O)cc1. The molecule has 4 N–H and O–H groups in total. The van der Waals surface area contributed by atoms with E-state index in [9.17, 15) is 18.0 Å². The molecule has 0 unspecified atom stereocenters. The highest BCUT2D eigenvalue weighted by Gasteiger charge is 2.14. The standard InChI is InChI=1S/C9H11N3O4S/c1-6(13)12-17(15,16)8-4-2-7(3-5-8)11-9(10)14/h2-5H,1H3,(H,12,13)(H3,10,11,14). The normalized spacial score (nSPS) is 10.6. The quantitative estimate of drug-likeness (QED) is 0.706. The van der Waals surface area contributed by atoms with Crippen molar-refractivity contribution in [3.05, 3.63) is 24.3 Å². The molecule has 0 aliphatic heterocycles. The molecular formula is C9H11N3O4S. The fraction of sp³-hybridized carbons (Fsp3) is 0.111. The van der Waals surface area contributed by atoms with Crippen molar-refractivity contribution >= 4 is 27.6 Å². The summed E-state index contributed by atoms with van der Waals surface area (Å²) < 4.78 is 24.9. The lowest BCUT2D eigenvalue weighted by Gasteiger charge is -2.06. The number of carbonyl (C=O) groups excluding carboxylic acids is 2. The molecule has 1 aromatic rings. The Balaban J connectivity index is 2.94. The Morgan fingerprint density at radius 2 is 1.71 bits per heavy atom. The first-order valence-electron chi connectivity index (χ1n) is 4.51. The minimum absolute atomic E-state index is 0.0808. The first kappa shape index (κ1) is 13.0. The average Bonchev–Trinajstić information content (AvgIpc) is 2.15. The van der Waals surface area contributed by atoms with Gasteiger partial charge in [-0.1, -0.05) is 0 Å². The maximum atomic E-state index is 11.5. The zero-order valence-corrected chi connectivity index (χ0v) is 9.74. The molecule has 0 atom stereocenters. The van der Waals surface area contributed by atoms with Gasteiger partial charge in [-0.05, 0) is 24.3 Å². The van der Waals surface area contributed by atoms with Gasteiger partial charge >= 0.3 is 6.03 Å². The maximum Gasteiger partial charge on any atom is 0.316 e. The Kier molecular flexibility index (Phi) is 3.69. The smallest absolute Gasteiger partial charge is 0.316 e. The highest BCUT2D eigenvalue weighted by Crippen LogP contribution is 2.13. The van der Waals surface area contributed by atoms with Gasteiger partial charge in [0.1, 0.15) is 0 Å². The Morgan fingerprint density at radius 1 is 1.18 bits per heavy atom. The summed E-state index contributed by atoms with van der Waals surface area (Å²) in [7, 11) is -3.85. The number of carbonyl (C=O) groups is 2. The van der Waals surface area contributed by atoms with Gasteiger partial charge in [-0.25, -0.2) is 17.9 Å². The predicted octanol–water partition coefficient (Wildman–Crippen LogP) is 0.00200. The number of hydrogen-bond donors (Lipinski definition) is 3. The molecule has 0 radical (unpaired) electrons. The molecule has 1 rings (SSSR count). The van der Waals surface area contributed by atoms with Crippen molar-refractivity contribution < 1.29 is 18.0 Å². The van der Waals surface area contributed by atoms with Crippen LogP contribution in [0.5, 0.6) is 0 Å². The van der Waals surface area contributed by atoms with Gasteiger partial charge in [0.2, 0.25) is 5.91 Å². The number of primary amides is 1. The number of hydrogen-bond acceptors (Lipinski definition) is 4. The summed E-state index contributed by atoms with van der Waals surface area (Å²) in [6.45, 7) is 1.10. The topological polar surface area (TPSA) is 118 Å². The number of benzene rings is 1. The lowest BCUT2D eigenvalue weighted by molar-refractivity contribution is -0.117. The average molecular weight is 257 g/mol. The molecule has 1 aromatic carbocycles. The molecule has 0 bridgehead atoms. The van der Waals surface area contributed by atoms with E-state index in [2.05, 4.69) is 5.32 Å². The van der Waals surface area contributed by atoms with Crippen LogP contribution in [0, 0.1) is 0 Å². The van der Waals surface area contributed by atoms with Gasteiger partial charge in [0.15, 0.2) is 0 Å². The molecular weight excluding hydrogens is 246 g/mol. The molecule has 0 fully saturated rings. The van der Waals surface area contributed by atoms with Crippen molar-refractivity contribution in [2.75, 3.05) is 5.32 Å². The second-order valence-corrected chi connectivity index (χ2v) is 4.86. The number of urea groups is 1. The summed E-state index contributed by atoms with van der Waals surface area (Å²) in [5.74, 6) is -0.677. The number of anilines is 1. The van der Waals surface area contributed by atoms with Gasteiger partial charge < -0.3 is 11.1 Å². The summed E-state index contributed by atoms with van der Waals surface area (Å²) in [5.41, 5.74) is 5.25. The van der Waals surface area contributed by atoms with E-state index in [4.69, 9.17) is 5.73 Å². The highest BCUT2D eigenvalue weighted by atomic mass is 32.2. The van der Waals surface area contributed by atoms with Crippen LogP contribution >= 0.6 is 0 Å². The fourth-order valence-electron chi connectivity index (χ4n) is 1.11. The lowest BCUT2D eigenvalue weighted by atomic mass is 10.3. The van der Waals surface area contributed by atoms with E-state index in [1.807, 2.05) is 4.72 Å². The molecule has 92 valence electrons. The first-order chi connectivity index (χ1) is 7.81. The third-order valence-corrected chi connectivity index (χ3v) is 3.16. The number of nitrogens with two attached hydrogens (primary N) is 1. The third-order valence-electron chi connectivity index (χ3n) is 1.71. The molecule has 17 heavy (non-hydrogen) atoms. The van der Waals surface area contributed by atoms with Crippen LogP contribution in [0.4, 0.5) is 10.5 Å². The fourth-order valence-corrected chi connectivity index (χ4v) is 2.10. The van der Waals surface area contributed by atoms with Crippen molar-refractivity contribution in [2.45, 2.75) is 11.8 Å². The van der Waals surface area contributed by atoms with Crippen LogP contribution in [0.1, 0.15) is 6.92 Å². The van der Waals surface area contributed by atoms with E-state index in [0.717, 1.165) is 6.92 Å². The molecule has 0 saturated carbocycles. The lowest BCUT2D eigenvalue weighted by Crippen LogP contribution is -2.28. The molecule has 0 saturated heterocycles. The number of nitrogens with one attached hydrogen (secondary N) is 2. The van der Waals surface area contributed by atoms with Crippen LogP contribution in [0.2, 0.25) is 0 Å². The Bertz CT molecular complexity index is 536. The summed E-state index contributed by atoms with van der Waals surface area (Å²) in [5, 5.41) is 2.28. The van der Waals surface area contributed by atoms with Crippen LogP contribution in [-0.4, -0.2) is 20.4 Å². The van der Waals surface area contributed by atoms with Crippen LogP contribution in [0.15, 0.2) is 29.2 Å². The summed E-state index contributed by atoms with van der Waals surface area (Å²) in [6, 6.07) is 4.47. The highest BCUT2D eigenvalue weighted by molar-refractivity contribution is 7.90. The van der Waals surface area contributed by atoms with Crippen LogP contribution in [-0.2, 0) is 14.8 Å². The van der Waals surface area contributed by atoms with Gasteiger partial charge in [-0.2, -0.15) is 0 Å². The van der Waals surface area contributed by atoms with Crippen molar-refractivity contribution in [1.82, 2.24) is 4.72 Å². The Morgan fingerprint density at radius 3 is 2.12 bits per heavy atom. The van der Waals surface area contributed by atoms with Crippen LogP contribution < -0.4 is 15.8 Å². The van der Waals surface area contributed by atoms with Crippen LogP contribution in [0.25, 0.3) is 0 Å². The number of rotatable bonds is 3.